The molecule has 1 saturated heterocycles. The van der Waals surface area contributed by atoms with Crippen LogP contribution in [0.4, 0.5) is 0 Å². The zero-order chi connectivity index (χ0) is 24.2. The van der Waals surface area contributed by atoms with Gasteiger partial charge in [-0.3, -0.25) is 9.79 Å². The number of aliphatic imine (C=N–C) groups is 2. The van der Waals surface area contributed by atoms with Crippen LogP contribution in [0.25, 0.3) is 0 Å². The number of carbonyl (C=O) groups is 1. The van der Waals surface area contributed by atoms with Gasteiger partial charge < -0.3 is 9.80 Å². The van der Waals surface area contributed by atoms with E-state index in [1.54, 1.807) is 18.5 Å². The van der Waals surface area contributed by atoms with Crippen molar-refractivity contribution in [1.29, 1.82) is 0 Å². The van der Waals surface area contributed by atoms with Crippen molar-refractivity contribution in [3.8, 4) is 0 Å². The van der Waals surface area contributed by atoms with Gasteiger partial charge >= 0.3 is 0 Å². The molecule has 1 unspecified atom stereocenters. The van der Waals surface area contributed by atoms with Crippen molar-refractivity contribution in [2.75, 3.05) is 20.1 Å². The van der Waals surface area contributed by atoms with Crippen molar-refractivity contribution in [1.82, 2.24) is 9.80 Å². The molecule has 5 nitrogen and oxygen atoms in total. The third-order valence-electron chi connectivity index (χ3n) is 5.50. The van der Waals surface area contributed by atoms with Gasteiger partial charge in [0.15, 0.2) is 5.78 Å². The highest BCUT2D eigenvalue weighted by atomic mass is 32.2. The standard InChI is InChI=1S/C27H36N4OS/c1-7-10-15-25(9-3)33-22(5)26(32)23-13-12-18-31(20-23)27-29-24(19-21(4)30(27)6)14-11-17-28-16-8-2/h7-11,16-17,19,23H,2,4-5,12-15,18,20H2,1,3,6H3/b10-7-,17-11-,25-9+,28-16?. The molecule has 6 heteroatoms. The molecule has 0 radical (unpaired) electrons. The molecular formula is C27H36N4OS. The first kappa shape index (κ1) is 26.4. The summed E-state index contributed by atoms with van der Waals surface area (Å²) in [5.41, 5.74) is 1.81. The molecule has 176 valence electrons. The summed E-state index contributed by atoms with van der Waals surface area (Å²) in [5.74, 6) is 0.908. The van der Waals surface area contributed by atoms with E-state index in [9.17, 15) is 4.79 Å². The Bertz CT molecular complexity index is 936. The number of hydrogen-bond donors (Lipinski definition) is 0. The fourth-order valence-electron chi connectivity index (χ4n) is 3.65. The average molecular weight is 465 g/mol. The van der Waals surface area contributed by atoms with E-state index in [4.69, 9.17) is 4.99 Å². The predicted molar refractivity (Wildman–Crippen MR) is 144 cm³/mol. The number of rotatable bonds is 10. The molecule has 2 rings (SSSR count). The molecule has 0 bridgehead atoms. The van der Waals surface area contributed by atoms with E-state index < -0.39 is 0 Å². The summed E-state index contributed by atoms with van der Waals surface area (Å²) in [6.45, 7) is 17.4. The van der Waals surface area contributed by atoms with Crippen molar-refractivity contribution in [3.05, 3.63) is 83.6 Å². The lowest BCUT2D eigenvalue weighted by Gasteiger charge is -2.39. The Morgan fingerprint density at radius 1 is 1.36 bits per heavy atom. The summed E-state index contributed by atoms with van der Waals surface area (Å²) in [6.07, 6.45) is 18.4. The van der Waals surface area contributed by atoms with Gasteiger partial charge in [-0.15, -0.1) is 0 Å². The predicted octanol–water partition coefficient (Wildman–Crippen LogP) is 6.24. The minimum absolute atomic E-state index is 0.0783. The van der Waals surface area contributed by atoms with E-state index in [1.165, 1.54) is 11.8 Å². The summed E-state index contributed by atoms with van der Waals surface area (Å²) in [5, 5.41) is 0. The highest BCUT2D eigenvalue weighted by Gasteiger charge is 2.31. The molecule has 0 aromatic rings. The van der Waals surface area contributed by atoms with Crippen LogP contribution in [0, 0.1) is 5.92 Å². The lowest BCUT2D eigenvalue weighted by Crippen LogP contribution is -2.48. The maximum Gasteiger partial charge on any atom is 0.205 e. The van der Waals surface area contributed by atoms with Crippen molar-refractivity contribution < 1.29 is 4.79 Å². The minimum atomic E-state index is -0.0783. The van der Waals surface area contributed by atoms with Gasteiger partial charge in [-0.05, 0) is 44.1 Å². The number of hydrogen-bond acceptors (Lipinski definition) is 6. The molecule has 0 amide bonds. The first-order valence-corrected chi connectivity index (χ1v) is 12.2. The van der Waals surface area contributed by atoms with Gasteiger partial charge in [0.1, 0.15) is 0 Å². The van der Waals surface area contributed by atoms with E-state index in [-0.39, 0.29) is 11.7 Å². The Morgan fingerprint density at radius 2 is 2.15 bits per heavy atom. The normalized spacial score (nSPS) is 20.0. The SMILES string of the molecule is C=CC=N/C=C\CC1=CC(=C)N(C)C(N2CCCC(C(=O)C(=C)S/C(=C/C)C/C=C\C)C2)=N1. The smallest absolute Gasteiger partial charge is 0.205 e. The molecule has 2 aliphatic rings. The molecule has 33 heavy (non-hydrogen) atoms. The Labute approximate surface area is 203 Å². The summed E-state index contributed by atoms with van der Waals surface area (Å²) in [7, 11) is 1.97. The first-order chi connectivity index (χ1) is 15.9. The second-order valence-corrected chi connectivity index (χ2v) is 9.14. The van der Waals surface area contributed by atoms with E-state index in [1.807, 2.05) is 44.0 Å². The average Bonchev–Trinajstić information content (AvgIpc) is 2.83. The Balaban J connectivity index is 2.08. The lowest BCUT2D eigenvalue weighted by atomic mass is 9.93. The molecule has 0 aliphatic carbocycles. The molecule has 0 N–H and O–H groups in total. The molecule has 0 spiro atoms. The number of thioether (sulfide) groups is 1. The fraction of sp³-hybridized carbons (Fsp3) is 0.370. The number of guanidine groups is 1. The Kier molecular flexibility index (Phi) is 10.9. The molecule has 1 atom stereocenters. The zero-order valence-corrected chi connectivity index (χ0v) is 21.0. The van der Waals surface area contributed by atoms with Crippen molar-refractivity contribution in [2.24, 2.45) is 15.9 Å². The highest BCUT2D eigenvalue weighted by Crippen LogP contribution is 2.32. The third-order valence-corrected chi connectivity index (χ3v) is 6.61. The number of piperidine rings is 1. The van der Waals surface area contributed by atoms with Gasteiger partial charge in [-0.2, -0.15) is 0 Å². The largest absolute Gasteiger partial charge is 0.342 e. The Morgan fingerprint density at radius 3 is 2.85 bits per heavy atom. The molecule has 0 aromatic carbocycles. The van der Waals surface area contributed by atoms with Crippen LogP contribution in [0.15, 0.2) is 93.6 Å². The minimum Gasteiger partial charge on any atom is -0.342 e. The molecule has 0 saturated carbocycles. The molecule has 0 aromatic heterocycles. The van der Waals surface area contributed by atoms with Gasteiger partial charge in [0.05, 0.1) is 5.70 Å². The summed E-state index contributed by atoms with van der Waals surface area (Å²) in [6, 6.07) is 0. The van der Waals surface area contributed by atoms with E-state index in [0.29, 0.717) is 17.9 Å². The van der Waals surface area contributed by atoms with Crippen molar-refractivity contribution in [3.63, 3.8) is 0 Å². The van der Waals surface area contributed by atoms with Gasteiger partial charge in [-0.1, -0.05) is 61.9 Å². The van der Waals surface area contributed by atoms with Crippen LogP contribution in [-0.4, -0.2) is 47.9 Å². The summed E-state index contributed by atoms with van der Waals surface area (Å²) >= 11 is 1.50. The lowest BCUT2D eigenvalue weighted by molar-refractivity contribution is -0.119. The van der Waals surface area contributed by atoms with Crippen molar-refractivity contribution >= 4 is 29.7 Å². The summed E-state index contributed by atoms with van der Waals surface area (Å²) in [4.78, 5) is 28.1. The van der Waals surface area contributed by atoms with E-state index >= 15 is 0 Å². The van der Waals surface area contributed by atoms with E-state index in [2.05, 4.69) is 41.8 Å². The van der Waals surface area contributed by atoms with Gasteiger partial charge in [0, 0.05) is 55.5 Å². The maximum absolute atomic E-state index is 13.2. The number of allylic oxidation sites excluding steroid dienone is 8. The van der Waals surface area contributed by atoms with Crippen LogP contribution in [0.5, 0.6) is 0 Å². The van der Waals surface area contributed by atoms with Crippen LogP contribution in [-0.2, 0) is 4.79 Å². The highest BCUT2D eigenvalue weighted by molar-refractivity contribution is 8.07. The molecule has 2 aliphatic heterocycles. The number of likely N-dealkylation sites (N-methyl/N-ethyl adjacent to an activating group) is 1. The monoisotopic (exact) mass is 464 g/mol. The van der Waals surface area contributed by atoms with Gasteiger partial charge in [-0.25, -0.2) is 4.99 Å². The van der Waals surface area contributed by atoms with Crippen LogP contribution in [0.3, 0.4) is 0 Å². The van der Waals surface area contributed by atoms with Crippen molar-refractivity contribution in [2.45, 2.75) is 39.5 Å². The Hall–Kier alpha value is -2.86. The van der Waals surface area contributed by atoms with Crippen LogP contribution >= 0.6 is 11.8 Å². The number of carbonyl (C=O) groups excluding carboxylic acids is 1. The van der Waals surface area contributed by atoms with E-state index in [0.717, 1.165) is 48.1 Å². The number of nitrogens with zero attached hydrogens (tertiary/aromatic N) is 4. The summed E-state index contributed by atoms with van der Waals surface area (Å²) < 4.78 is 0. The number of ketones is 1. The topological polar surface area (TPSA) is 48.3 Å². The quantitative estimate of drug-likeness (QED) is 0.218. The van der Waals surface area contributed by atoms with Crippen LogP contribution < -0.4 is 0 Å². The van der Waals surface area contributed by atoms with Gasteiger partial charge in [0.25, 0.3) is 0 Å². The number of Topliss-reactive ketones (excluding diaryl/α,β-unsaturated/α-hetero) is 1. The maximum atomic E-state index is 13.2. The molecule has 2 heterocycles. The van der Waals surface area contributed by atoms with Crippen LogP contribution in [0.2, 0.25) is 0 Å². The zero-order valence-electron chi connectivity index (χ0n) is 20.2. The number of likely N-dealkylation sites (tertiary alicyclic amines) is 1. The fourth-order valence-corrected chi connectivity index (χ4v) is 4.53. The van der Waals surface area contributed by atoms with Gasteiger partial charge in [0.2, 0.25) is 5.96 Å². The third kappa shape index (κ3) is 7.90. The molecule has 1 fully saturated rings. The van der Waals surface area contributed by atoms with Crippen LogP contribution in [0.1, 0.15) is 39.5 Å². The first-order valence-electron chi connectivity index (χ1n) is 11.3. The molecular weight excluding hydrogens is 428 g/mol. The second kappa shape index (κ2) is 13.6. The second-order valence-electron chi connectivity index (χ2n) is 7.92.